The van der Waals surface area contributed by atoms with Crippen molar-refractivity contribution >= 4 is 24.0 Å². The normalized spacial score (nSPS) is 10.1. The van der Waals surface area contributed by atoms with Crippen molar-refractivity contribution in [3.8, 4) is 16.9 Å². The minimum absolute atomic E-state index is 0. The standard InChI is InChI=1S/C13H16ClN3O.ClH/c1-2-18-13-7-10(3-4-12(13)14)11-8-16-17(9-11)6-5-15;/h3-4,7-9H,2,5-6,15H2,1H3;1H. The van der Waals surface area contributed by atoms with Gasteiger partial charge in [0.15, 0.2) is 0 Å². The van der Waals surface area contributed by atoms with Crippen molar-refractivity contribution in [2.24, 2.45) is 5.73 Å². The van der Waals surface area contributed by atoms with Gasteiger partial charge in [0.2, 0.25) is 0 Å². The number of nitrogens with zero attached hydrogens (tertiary/aromatic N) is 2. The molecule has 0 aliphatic rings. The molecule has 4 nitrogen and oxygen atoms in total. The summed E-state index contributed by atoms with van der Waals surface area (Å²) in [5, 5.41) is 4.86. The molecule has 0 atom stereocenters. The van der Waals surface area contributed by atoms with Gasteiger partial charge in [-0.25, -0.2) is 0 Å². The van der Waals surface area contributed by atoms with Crippen LogP contribution in [0.25, 0.3) is 11.1 Å². The van der Waals surface area contributed by atoms with E-state index < -0.39 is 0 Å². The lowest BCUT2D eigenvalue weighted by atomic mass is 10.1. The Hall–Kier alpha value is -1.23. The Morgan fingerprint density at radius 2 is 2.16 bits per heavy atom. The van der Waals surface area contributed by atoms with Gasteiger partial charge in [-0.05, 0) is 24.6 Å². The molecule has 0 fully saturated rings. The van der Waals surface area contributed by atoms with Crippen LogP contribution in [-0.2, 0) is 6.54 Å². The van der Waals surface area contributed by atoms with Gasteiger partial charge >= 0.3 is 0 Å². The fourth-order valence-corrected chi connectivity index (χ4v) is 1.89. The van der Waals surface area contributed by atoms with Crippen LogP contribution < -0.4 is 10.5 Å². The number of hydrogen-bond donors (Lipinski definition) is 1. The SMILES string of the molecule is CCOc1cc(-c2cnn(CCN)c2)ccc1Cl.Cl. The Morgan fingerprint density at radius 1 is 1.37 bits per heavy atom. The summed E-state index contributed by atoms with van der Waals surface area (Å²) in [7, 11) is 0. The second-order valence-corrected chi connectivity index (χ2v) is 4.27. The highest BCUT2D eigenvalue weighted by Crippen LogP contribution is 2.30. The molecule has 2 aromatic rings. The van der Waals surface area contributed by atoms with Gasteiger partial charge < -0.3 is 10.5 Å². The van der Waals surface area contributed by atoms with Gasteiger partial charge in [0.05, 0.1) is 24.4 Å². The first-order valence-corrected chi connectivity index (χ1v) is 6.27. The average molecular weight is 302 g/mol. The van der Waals surface area contributed by atoms with Crippen LogP contribution in [0.3, 0.4) is 0 Å². The molecule has 0 saturated carbocycles. The van der Waals surface area contributed by atoms with Crippen LogP contribution in [0.1, 0.15) is 6.92 Å². The highest BCUT2D eigenvalue weighted by atomic mass is 35.5. The lowest BCUT2D eigenvalue weighted by molar-refractivity contribution is 0.340. The molecule has 0 unspecified atom stereocenters. The van der Waals surface area contributed by atoms with Crippen LogP contribution in [0.15, 0.2) is 30.6 Å². The Morgan fingerprint density at radius 3 is 2.84 bits per heavy atom. The molecule has 0 amide bonds. The first-order valence-electron chi connectivity index (χ1n) is 5.90. The molecule has 0 aliphatic carbocycles. The molecule has 0 spiro atoms. The maximum absolute atomic E-state index is 6.06. The fourth-order valence-electron chi connectivity index (χ4n) is 1.72. The highest BCUT2D eigenvalue weighted by Gasteiger charge is 2.06. The molecule has 2 rings (SSSR count). The zero-order valence-electron chi connectivity index (χ0n) is 10.7. The van der Waals surface area contributed by atoms with Gasteiger partial charge in [0.1, 0.15) is 5.75 Å². The number of halogens is 2. The molecular formula is C13H17Cl2N3O. The van der Waals surface area contributed by atoms with E-state index in [0.717, 1.165) is 11.1 Å². The lowest BCUT2D eigenvalue weighted by Crippen LogP contribution is -2.09. The second-order valence-electron chi connectivity index (χ2n) is 3.86. The third kappa shape index (κ3) is 3.86. The minimum Gasteiger partial charge on any atom is -0.492 e. The van der Waals surface area contributed by atoms with Gasteiger partial charge in [-0.2, -0.15) is 5.10 Å². The summed E-state index contributed by atoms with van der Waals surface area (Å²) in [5.41, 5.74) is 7.56. The van der Waals surface area contributed by atoms with E-state index >= 15 is 0 Å². The van der Waals surface area contributed by atoms with E-state index in [1.165, 1.54) is 0 Å². The third-order valence-electron chi connectivity index (χ3n) is 2.56. The Bertz CT molecular complexity index is 528. The van der Waals surface area contributed by atoms with Crippen LogP contribution in [0.2, 0.25) is 5.02 Å². The zero-order valence-corrected chi connectivity index (χ0v) is 12.2. The van der Waals surface area contributed by atoms with Crippen molar-refractivity contribution in [1.29, 1.82) is 0 Å². The summed E-state index contributed by atoms with van der Waals surface area (Å²) in [5.74, 6) is 0.697. The van der Waals surface area contributed by atoms with Gasteiger partial charge in [-0.3, -0.25) is 4.68 Å². The van der Waals surface area contributed by atoms with E-state index in [-0.39, 0.29) is 12.4 Å². The number of nitrogens with two attached hydrogens (primary N) is 1. The third-order valence-corrected chi connectivity index (χ3v) is 2.87. The Labute approximate surface area is 123 Å². The summed E-state index contributed by atoms with van der Waals surface area (Å²) >= 11 is 6.06. The van der Waals surface area contributed by atoms with Crippen LogP contribution in [0.4, 0.5) is 0 Å². The molecule has 1 heterocycles. The van der Waals surface area contributed by atoms with Gasteiger partial charge in [0.25, 0.3) is 0 Å². The second kappa shape index (κ2) is 7.38. The van der Waals surface area contributed by atoms with E-state index in [0.29, 0.717) is 30.5 Å². The van der Waals surface area contributed by atoms with E-state index in [9.17, 15) is 0 Å². The number of aromatic nitrogens is 2. The quantitative estimate of drug-likeness (QED) is 0.924. The lowest BCUT2D eigenvalue weighted by Gasteiger charge is -2.07. The van der Waals surface area contributed by atoms with Crippen molar-refractivity contribution in [3.05, 3.63) is 35.6 Å². The molecule has 19 heavy (non-hydrogen) atoms. The summed E-state index contributed by atoms with van der Waals surface area (Å²) in [4.78, 5) is 0. The molecule has 0 saturated heterocycles. The van der Waals surface area contributed by atoms with Crippen molar-refractivity contribution in [2.75, 3.05) is 13.2 Å². The first kappa shape index (κ1) is 15.8. The molecule has 104 valence electrons. The van der Waals surface area contributed by atoms with Crippen molar-refractivity contribution in [1.82, 2.24) is 9.78 Å². The maximum Gasteiger partial charge on any atom is 0.138 e. The van der Waals surface area contributed by atoms with E-state index in [1.807, 2.05) is 42.2 Å². The topological polar surface area (TPSA) is 53.1 Å². The smallest absolute Gasteiger partial charge is 0.138 e. The van der Waals surface area contributed by atoms with Crippen molar-refractivity contribution < 1.29 is 4.74 Å². The molecule has 0 aliphatic heterocycles. The largest absolute Gasteiger partial charge is 0.492 e. The zero-order chi connectivity index (χ0) is 13.0. The molecule has 2 N–H and O–H groups in total. The summed E-state index contributed by atoms with van der Waals surface area (Å²) in [6.45, 7) is 3.82. The number of hydrogen-bond acceptors (Lipinski definition) is 3. The molecular weight excluding hydrogens is 285 g/mol. The molecule has 1 aromatic heterocycles. The highest BCUT2D eigenvalue weighted by molar-refractivity contribution is 6.32. The number of ether oxygens (including phenoxy) is 1. The monoisotopic (exact) mass is 301 g/mol. The molecule has 0 bridgehead atoms. The fraction of sp³-hybridized carbons (Fsp3) is 0.308. The molecule has 1 aromatic carbocycles. The first-order chi connectivity index (χ1) is 8.74. The Kier molecular flexibility index (Phi) is 6.15. The van der Waals surface area contributed by atoms with Crippen LogP contribution >= 0.6 is 24.0 Å². The Balaban J connectivity index is 0.00000180. The maximum atomic E-state index is 6.06. The van der Waals surface area contributed by atoms with Crippen LogP contribution in [-0.4, -0.2) is 22.9 Å². The molecule has 6 heteroatoms. The van der Waals surface area contributed by atoms with E-state index in [2.05, 4.69) is 5.10 Å². The van der Waals surface area contributed by atoms with E-state index in [4.69, 9.17) is 22.1 Å². The number of rotatable bonds is 5. The summed E-state index contributed by atoms with van der Waals surface area (Å²) in [6.07, 6.45) is 3.78. The average Bonchev–Trinajstić information content (AvgIpc) is 2.81. The van der Waals surface area contributed by atoms with Crippen molar-refractivity contribution in [3.63, 3.8) is 0 Å². The van der Waals surface area contributed by atoms with Gasteiger partial charge in [0, 0.05) is 18.3 Å². The van der Waals surface area contributed by atoms with Crippen molar-refractivity contribution in [2.45, 2.75) is 13.5 Å². The summed E-state index contributed by atoms with van der Waals surface area (Å²) in [6, 6.07) is 5.71. The van der Waals surface area contributed by atoms with E-state index in [1.54, 1.807) is 0 Å². The number of benzene rings is 1. The predicted molar refractivity (Wildman–Crippen MR) is 80.1 cm³/mol. The predicted octanol–water partition coefficient (Wildman–Crippen LogP) is 2.98. The van der Waals surface area contributed by atoms with Crippen LogP contribution in [0.5, 0.6) is 5.75 Å². The molecule has 0 radical (unpaired) electrons. The van der Waals surface area contributed by atoms with Crippen LogP contribution in [0, 0.1) is 0 Å². The minimum atomic E-state index is 0. The van der Waals surface area contributed by atoms with Gasteiger partial charge in [-0.1, -0.05) is 17.7 Å². The summed E-state index contributed by atoms with van der Waals surface area (Å²) < 4.78 is 7.30. The van der Waals surface area contributed by atoms with Gasteiger partial charge in [-0.15, -0.1) is 12.4 Å².